The van der Waals surface area contributed by atoms with Gasteiger partial charge in [0.05, 0.1) is 7.11 Å². The molecule has 2 aromatic carbocycles. The third-order valence-corrected chi connectivity index (χ3v) is 4.68. The van der Waals surface area contributed by atoms with E-state index in [-0.39, 0.29) is 24.0 Å². The number of guanidine groups is 1. The Labute approximate surface area is 183 Å². The minimum Gasteiger partial charge on any atom is -0.497 e. The van der Waals surface area contributed by atoms with Crippen LogP contribution in [-0.2, 0) is 6.54 Å². The maximum atomic E-state index is 5.42. The third kappa shape index (κ3) is 5.92. The summed E-state index contributed by atoms with van der Waals surface area (Å²) in [6, 6.07) is 14.2. The van der Waals surface area contributed by atoms with Crippen molar-refractivity contribution in [2.75, 3.05) is 27.5 Å². The Morgan fingerprint density at radius 3 is 2.57 bits per heavy atom. The van der Waals surface area contributed by atoms with Crippen LogP contribution in [0.5, 0.6) is 17.2 Å². The summed E-state index contributed by atoms with van der Waals surface area (Å²) in [4.78, 5) is 4.29. The van der Waals surface area contributed by atoms with Gasteiger partial charge in [-0.15, -0.1) is 24.0 Å². The topological polar surface area (TPSA) is 64.1 Å². The molecule has 0 aromatic heterocycles. The molecule has 152 valence electrons. The van der Waals surface area contributed by atoms with Crippen molar-refractivity contribution >= 4 is 29.9 Å². The largest absolute Gasteiger partial charge is 0.497 e. The number of halogens is 1. The third-order valence-electron chi connectivity index (χ3n) is 4.68. The summed E-state index contributed by atoms with van der Waals surface area (Å²) in [6.07, 6.45) is 1.01. The van der Waals surface area contributed by atoms with Crippen molar-refractivity contribution in [1.82, 2.24) is 10.6 Å². The summed E-state index contributed by atoms with van der Waals surface area (Å²) < 4.78 is 16.0. The van der Waals surface area contributed by atoms with E-state index in [1.165, 1.54) is 5.56 Å². The van der Waals surface area contributed by atoms with Gasteiger partial charge in [0.2, 0.25) is 6.79 Å². The maximum Gasteiger partial charge on any atom is 0.231 e. The molecule has 28 heavy (non-hydrogen) atoms. The van der Waals surface area contributed by atoms with Crippen LogP contribution in [0.25, 0.3) is 0 Å². The lowest BCUT2D eigenvalue weighted by Crippen LogP contribution is -2.37. The zero-order valence-electron chi connectivity index (χ0n) is 16.5. The molecule has 0 saturated heterocycles. The molecule has 1 unspecified atom stereocenters. The fourth-order valence-corrected chi connectivity index (χ4v) is 2.96. The molecule has 1 heterocycles. The number of ether oxygens (including phenoxy) is 3. The van der Waals surface area contributed by atoms with Crippen LogP contribution in [0.4, 0.5) is 0 Å². The van der Waals surface area contributed by atoms with Gasteiger partial charge in [0.15, 0.2) is 17.5 Å². The first-order valence-electron chi connectivity index (χ1n) is 9.16. The molecule has 0 saturated carbocycles. The van der Waals surface area contributed by atoms with E-state index in [2.05, 4.69) is 34.7 Å². The predicted molar refractivity (Wildman–Crippen MR) is 122 cm³/mol. The Morgan fingerprint density at radius 2 is 1.86 bits per heavy atom. The summed E-state index contributed by atoms with van der Waals surface area (Å²) in [6.45, 7) is 4.03. The Balaban J connectivity index is 0.00000280. The summed E-state index contributed by atoms with van der Waals surface area (Å²) in [5, 5.41) is 6.70. The number of rotatable bonds is 7. The number of benzene rings is 2. The van der Waals surface area contributed by atoms with Gasteiger partial charge in [-0.1, -0.05) is 25.1 Å². The summed E-state index contributed by atoms with van der Waals surface area (Å²) >= 11 is 0. The SMILES string of the molecule is CN=C(NCCC(C)c1ccc(OC)cc1)NCc1ccc2c(c1)OCO2.I. The van der Waals surface area contributed by atoms with Crippen molar-refractivity contribution < 1.29 is 14.2 Å². The van der Waals surface area contributed by atoms with Crippen molar-refractivity contribution in [3.63, 3.8) is 0 Å². The van der Waals surface area contributed by atoms with Gasteiger partial charge >= 0.3 is 0 Å². The second kappa shape index (κ2) is 11.0. The fourth-order valence-electron chi connectivity index (χ4n) is 2.96. The van der Waals surface area contributed by atoms with E-state index < -0.39 is 0 Å². The number of hydrogen-bond donors (Lipinski definition) is 2. The summed E-state index contributed by atoms with van der Waals surface area (Å²) in [7, 11) is 3.46. The molecule has 1 aliphatic rings. The Kier molecular flexibility index (Phi) is 8.69. The van der Waals surface area contributed by atoms with Crippen LogP contribution in [-0.4, -0.2) is 33.5 Å². The van der Waals surface area contributed by atoms with Gasteiger partial charge in [0, 0.05) is 20.1 Å². The quantitative estimate of drug-likeness (QED) is 0.345. The molecule has 6 nitrogen and oxygen atoms in total. The summed E-state index contributed by atoms with van der Waals surface area (Å²) in [5.41, 5.74) is 2.43. The highest BCUT2D eigenvalue weighted by molar-refractivity contribution is 14.0. The van der Waals surface area contributed by atoms with E-state index in [9.17, 15) is 0 Å². The minimum absolute atomic E-state index is 0. The van der Waals surface area contributed by atoms with Crippen LogP contribution in [0.3, 0.4) is 0 Å². The molecule has 0 aliphatic carbocycles. The molecule has 2 N–H and O–H groups in total. The van der Waals surface area contributed by atoms with Crippen LogP contribution in [0.1, 0.15) is 30.4 Å². The average molecular weight is 497 g/mol. The number of nitrogens with zero attached hydrogens (tertiary/aromatic N) is 1. The molecular weight excluding hydrogens is 469 g/mol. The minimum atomic E-state index is 0. The molecule has 2 aromatic rings. The van der Waals surface area contributed by atoms with Gasteiger partial charge in [0.1, 0.15) is 5.75 Å². The van der Waals surface area contributed by atoms with Crippen LogP contribution in [0, 0.1) is 0 Å². The molecular formula is C21H28IN3O3. The van der Waals surface area contributed by atoms with Gasteiger partial charge in [-0.2, -0.15) is 0 Å². The molecule has 0 spiro atoms. The molecule has 7 heteroatoms. The van der Waals surface area contributed by atoms with E-state index >= 15 is 0 Å². The molecule has 0 amide bonds. The first-order valence-corrected chi connectivity index (χ1v) is 9.16. The summed E-state index contributed by atoms with van der Waals surface area (Å²) in [5.74, 6) is 3.72. The number of aliphatic imine (C=N–C) groups is 1. The maximum absolute atomic E-state index is 5.42. The van der Waals surface area contributed by atoms with Crippen molar-refractivity contribution in [1.29, 1.82) is 0 Å². The standard InChI is InChI=1S/C21H27N3O3.HI/c1-15(17-5-7-18(25-3)8-6-17)10-11-23-21(22-2)24-13-16-4-9-19-20(12-16)27-14-26-19;/h4-9,12,15H,10-11,13-14H2,1-3H3,(H2,22,23,24);1H. The molecule has 0 radical (unpaired) electrons. The fraction of sp³-hybridized carbons (Fsp3) is 0.381. The van der Waals surface area contributed by atoms with Crippen molar-refractivity contribution in [3.05, 3.63) is 53.6 Å². The molecule has 3 rings (SSSR count). The van der Waals surface area contributed by atoms with Crippen LogP contribution < -0.4 is 24.8 Å². The lowest BCUT2D eigenvalue weighted by Gasteiger charge is -2.15. The Hall–Kier alpha value is -2.16. The van der Waals surface area contributed by atoms with E-state index in [4.69, 9.17) is 14.2 Å². The zero-order chi connectivity index (χ0) is 19.1. The second-order valence-corrected chi connectivity index (χ2v) is 6.50. The Bertz CT molecular complexity index is 781. The monoisotopic (exact) mass is 497 g/mol. The lowest BCUT2D eigenvalue weighted by atomic mass is 9.98. The highest BCUT2D eigenvalue weighted by atomic mass is 127. The number of methoxy groups -OCH3 is 1. The first-order chi connectivity index (χ1) is 13.2. The van der Waals surface area contributed by atoms with Crippen LogP contribution >= 0.6 is 24.0 Å². The first kappa shape index (κ1) is 22.1. The van der Waals surface area contributed by atoms with E-state index in [1.807, 2.05) is 30.3 Å². The van der Waals surface area contributed by atoms with Gasteiger partial charge < -0.3 is 24.8 Å². The normalized spacial score (nSPS) is 13.5. The van der Waals surface area contributed by atoms with Gasteiger partial charge in [0.25, 0.3) is 0 Å². The van der Waals surface area contributed by atoms with Crippen LogP contribution in [0.15, 0.2) is 47.5 Å². The van der Waals surface area contributed by atoms with Gasteiger partial charge in [-0.3, -0.25) is 4.99 Å². The van der Waals surface area contributed by atoms with Crippen molar-refractivity contribution in [2.24, 2.45) is 4.99 Å². The van der Waals surface area contributed by atoms with E-state index in [0.29, 0.717) is 19.3 Å². The zero-order valence-corrected chi connectivity index (χ0v) is 18.9. The van der Waals surface area contributed by atoms with Crippen LogP contribution in [0.2, 0.25) is 0 Å². The average Bonchev–Trinajstić information content (AvgIpc) is 3.18. The second-order valence-electron chi connectivity index (χ2n) is 6.50. The predicted octanol–water partition coefficient (Wildman–Crippen LogP) is 3.90. The molecule has 0 bridgehead atoms. The number of nitrogens with one attached hydrogen (secondary N) is 2. The number of hydrogen-bond acceptors (Lipinski definition) is 4. The highest BCUT2D eigenvalue weighted by Crippen LogP contribution is 2.32. The lowest BCUT2D eigenvalue weighted by molar-refractivity contribution is 0.174. The molecule has 1 atom stereocenters. The Morgan fingerprint density at radius 1 is 1.11 bits per heavy atom. The number of fused-ring (bicyclic) bond motifs is 1. The van der Waals surface area contributed by atoms with Gasteiger partial charge in [-0.05, 0) is 47.7 Å². The molecule has 1 aliphatic heterocycles. The molecule has 0 fully saturated rings. The van der Waals surface area contributed by atoms with Crippen molar-refractivity contribution in [3.8, 4) is 17.2 Å². The smallest absolute Gasteiger partial charge is 0.231 e. The van der Waals surface area contributed by atoms with Gasteiger partial charge in [-0.25, -0.2) is 0 Å². The van der Waals surface area contributed by atoms with Crippen molar-refractivity contribution in [2.45, 2.75) is 25.8 Å². The highest BCUT2D eigenvalue weighted by Gasteiger charge is 2.13. The van der Waals surface area contributed by atoms with E-state index in [1.54, 1.807) is 14.2 Å². The van der Waals surface area contributed by atoms with E-state index in [0.717, 1.165) is 41.7 Å².